The van der Waals surface area contributed by atoms with Gasteiger partial charge in [-0.1, -0.05) is 24.3 Å². The number of hydrogen-bond acceptors (Lipinski definition) is 4. The summed E-state index contributed by atoms with van der Waals surface area (Å²) in [5.41, 5.74) is 1.51. The third-order valence-electron chi connectivity index (χ3n) is 6.36. The van der Waals surface area contributed by atoms with Gasteiger partial charge in [-0.15, -0.1) is 0 Å². The lowest BCUT2D eigenvalue weighted by atomic mass is 9.69. The minimum Gasteiger partial charge on any atom is -0.497 e. The van der Waals surface area contributed by atoms with E-state index in [1.807, 2.05) is 36.1 Å². The molecule has 174 valence electrons. The second-order valence-corrected chi connectivity index (χ2v) is 10.4. The van der Waals surface area contributed by atoms with Crippen molar-refractivity contribution in [2.75, 3.05) is 26.5 Å². The molecule has 1 aliphatic heterocycles. The van der Waals surface area contributed by atoms with Gasteiger partial charge in [-0.05, 0) is 61.6 Å². The third kappa shape index (κ3) is 5.86. The molecule has 3 rings (SSSR count). The first-order valence-corrected chi connectivity index (χ1v) is 12.7. The molecule has 0 radical (unpaired) electrons. The number of sulfonamides is 1. The number of amides is 1. The monoisotopic (exact) mass is 462 g/mol. The summed E-state index contributed by atoms with van der Waals surface area (Å²) in [4.78, 5) is 15.2. The number of likely N-dealkylation sites (tertiary alicyclic amines) is 1. The Balaban J connectivity index is 1.77. The van der Waals surface area contributed by atoms with Crippen LogP contribution in [-0.2, 0) is 20.2 Å². The average Bonchev–Trinajstić information content (AvgIpc) is 2.76. The molecule has 0 spiro atoms. The lowest BCUT2D eigenvalue weighted by Gasteiger charge is -2.44. The van der Waals surface area contributed by atoms with E-state index in [0.29, 0.717) is 32.4 Å². The van der Waals surface area contributed by atoms with Crippen LogP contribution in [0.2, 0.25) is 0 Å². The number of carbonyl (C=O) groups excluding carboxylic acids is 1. The van der Waals surface area contributed by atoms with Crippen LogP contribution in [0.4, 0.5) is 4.39 Å². The molecule has 32 heavy (non-hydrogen) atoms. The zero-order valence-electron chi connectivity index (χ0n) is 18.8. The zero-order chi connectivity index (χ0) is 23.4. The Morgan fingerprint density at radius 2 is 1.81 bits per heavy atom. The van der Waals surface area contributed by atoms with E-state index < -0.39 is 15.4 Å². The second kappa shape index (κ2) is 10.0. The SMILES string of the molecule is COc1ccc([C@H](C)N2CC[C@@](CCCNS(C)(=O)=O)(c3ccc(F)cc3)CC2=O)cc1. The molecule has 8 heteroatoms. The Labute approximate surface area is 189 Å². The maximum absolute atomic E-state index is 13.5. The topological polar surface area (TPSA) is 75.7 Å². The van der Waals surface area contributed by atoms with Crippen molar-refractivity contribution in [1.29, 1.82) is 0 Å². The Hall–Kier alpha value is -2.45. The van der Waals surface area contributed by atoms with Gasteiger partial charge in [0.1, 0.15) is 11.6 Å². The lowest BCUT2D eigenvalue weighted by Crippen LogP contribution is -2.47. The number of benzene rings is 2. The first-order chi connectivity index (χ1) is 15.1. The van der Waals surface area contributed by atoms with Crippen LogP contribution in [0.3, 0.4) is 0 Å². The molecule has 0 unspecified atom stereocenters. The molecule has 2 atom stereocenters. The van der Waals surface area contributed by atoms with Crippen molar-refractivity contribution < 1.29 is 22.3 Å². The van der Waals surface area contributed by atoms with Gasteiger partial charge in [0.25, 0.3) is 0 Å². The number of piperidine rings is 1. The lowest BCUT2D eigenvalue weighted by molar-refractivity contribution is -0.138. The molecule has 1 amide bonds. The second-order valence-electron chi connectivity index (χ2n) is 8.52. The normalized spacial score (nSPS) is 20.2. The Morgan fingerprint density at radius 3 is 2.38 bits per heavy atom. The molecule has 2 aromatic carbocycles. The van der Waals surface area contributed by atoms with Crippen molar-refractivity contribution in [3.05, 3.63) is 65.5 Å². The van der Waals surface area contributed by atoms with E-state index in [2.05, 4.69) is 4.72 Å². The number of nitrogens with one attached hydrogen (secondary N) is 1. The number of rotatable bonds is 9. The van der Waals surface area contributed by atoms with Crippen LogP contribution in [0.25, 0.3) is 0 Å². The van der Waals surface area contributed by atoms with Crippen molar-refractivity contribution in [2.24, 2.45) is 0 Å². The van der Waals surface area contributed by atoms with Gasteiger partial charge < -0.3 is 9.64 Å². The van der Waals surface area contributed by atoms with E-state index in [1.54, 1.807) is 19.2 Å². The highest BCUT2D eigenvalue weighted by Gasteiger charge is 2.41. The van der Waals surface area contributed by atoms with Gasteiger partial charge in [0, 0.05) is 24.9 Å². The highest BCUT2D eigenvalue weighted by Crippen LogP contribution is 2.42. The van der Waals surface area contributed by atoms with Crippen LogP contribution in [0.15, 0.2) is 48.5 Å². The number of hydrogen-bond donors (Lipinski definition) is 1. The first-order valence-electron chi connectivity index (χ1n) is 10.8. The van der Waals surface area contributed by atoms with Gasteiger partial charge >= 0.3 is 0 Å². The van der Waals surface area contributed by atoms with E-state index in [1.165, 1.54) is 12.1 Å². The summed E-state index contributed by atoms with van der Waals surface area (Å²) in [7, 11) is -1.65. The van der Waals surface area contributed by atoms with Crippen molar-refractivity contribution >= 4 is 15.9 Å². The first kappa shape index (κ1) is 24.2. The molecule has 1 heterocycles. The van der Waals surface area contributed by atoms with Gasteiger partial charge in [-0.3, -0.25) is 4.79 Å². The molecule has 0 saturated carbocycles. The zero-order valence-corrected chi connectivity index (χ0v) is 19.6. The van der Waals surface area contributed by atoms with Crippen LogP contribution in [-0.4, -0.2) is 45.7 Å². The van der Waals surface area contributed by atoms with Crippen molar-refractivity contribution in [3.8, 4) is 5.75 Å². The standard InChI is InChI=1S/C24H31FN2O4S/c1-18(19-5-11-22(31-2)12-6-19)27-16-14-24(17-23(27)28,13-4-15-26-32(3,29)30)20-7-9-21(25)10-8-20/h5-12,18,26H,4,13-17H2,1-3H3/t18-,24+/m0/s1. The van der Waals surface area contributed by atoms with Gasteiger partial charge in [-0.25, -0.2) is 17.5 Å². The maximum Gasteiger partial charge on any atom is 0.223 e. The summed E-state index contributed by atoms with van der Waals surface area (Å²) < 4.78 is 44.1. The molecule has 0 bridgehead atoms. The maximum atomic E-state index is 13.5. The fourth-order valence-corrected chi connectivity index (χ4v) is 5.02. The smallest absolute Gasteiger partial charge is 0.223 e. The van der Waals surface area contributed by atoms with Crippen molar-refractivity contribution in [3.63, 3.8) is 0 Å². The summed E-state index contributed by atoms with van der Waals surface area (Å²) in [6.07, 6.45) is 3.39. The van der Waals surface area contributed by atoms with E-state index in [9.17, 15) is 17.6 Å². The number of carbonyl (C=O) groups is 1. The number of ether oxygens (including phenoxy) is 1. The van der Waals surface area contributed by atoms with E-state index in [4.69, 9.17) is 4.74 Å². The van der Waals surface area contributed by atoms with Crippen LogP contribution >= 0.6 is 0 Å². The molecule has 2 aromatic rings. The minimum atomic E-state index is -3.27. The summed E-state index contributed by atoms with van der Waals surface area (Å²) in [6.45, 7) is 2.89. The van der Waals surface area contributed by atoms with Gasteiger partial charge in [-0.2, -0.15) is 0 Å². The van der Waals surface area contributed by atoms with E-state index >= 15 is 0 Å². The number of nitrogens with zero attached hydrogens (tertiary/aromatic N) is 1. The van der Waals surface area contributed by atoms with Crippen LogP contribution in [0.1, 0.15) is 49.8 Å². The number of halogens is 1. The Kier molecular flexibility index (Phi) is 7.56. The molecule has 6 nitrogen and oxygen atoms in total. The fourth-order valence-electron chi connectivity index (χ4n) is 4.50. The quantitative estimate of drug-likeness (QED) is 0.576. The molecule has 0 aliphatic carbocycles. The third-order valence-corrected chi connectivity index (χ3v) is 7.09. The molecular weight excluding hydrogens is 431 g/mol. The molecular formula is C24H31FN2O4S. The van der Waals surface area contributed by atoms with Crippen LogP contribution in [0.5, 0.6) is 5.75 Å². The predicted molar refractivity (Wildman–Crippen MR) is 123 cm³/mol. The fraction of sp³-hybridized carbons (Fsp3) is 0.458. The summed E-state index contributed by atoms with van der Waals surface area (Å²) >= 11 is 0. The largest absolute Gasteiger partial charge is 0.497 e. The molecule has 1 N–H and O–H groups in total. The van der Waals surface area contributed by atoms with Gasteiger partial charge in [0.2, 0.25) is 15.9 Å². The van der Waals surface area contributed by atoms with Crippen molar-refractivity contribution in [2.45, 2.75) is 44.1 Å². The average molecular weight is 463 g/mol. The van der Waals surface area contributed by atoms with Crippen LogP contribution in [0, 0.1) is 5.82 Å². The van der Waals surface area contributed by atoms with Crippen LogP contribution < -0.4 is 9.46 Å². The Morgan fingerprint density at radius 1 is 1.16 bits per heavy atom. The molecule has 1 aliphatic rings. The summed E-state index contributed by atoms with van der Waals surface area (Å²) in [5, 5.41) is 0. The summed E-state index contributed by atoms with van der Waals surface area (Å²) in [5.74, 6) is 0.489. The Bertz CT molecular complexity index is 1020. The molecule has 0 aromatic heterocycles. The predicted octanol–water partition coefficient (Wildman–Crippen LogP) is 3.79. The summed E-state index contributed by atoms with van der Waals surface area (Å²) in [6, 6.07) is 14.0. The van der Waals surface area contributed by atoms with E-state index in [0.717, 1.165) is 29.6 Å². The van der Waals surface area contributed by atoms with Crippen molar-refractivity contribution in [1.82, 2.24) is 9.62 Å². The molecule has 1 fully saturated rings. The van der Waals surface area contributed by atoms with Gasteiger partial charge in [0.15, 0.2) is 0 Å². The number of methoxy groups -OCH3 is 1. The molecule has 1 saturated heterocycles. The van der Waals surface area contributed by atoms with Gasteiger partial charge in [0.05, 0.1) is 19.4 Å². The highest BCUT2D eigenvalue weighted by atomic mass is 32.2. The highest BCUT2D eigenvalue weighted by molar-refractivity contribution is 7.88. The minimum absolute atomic E-state index is 0.0416. The van der Waals surface area contributed by atoms with E-state index in [-0.39, 0.29) is 17.8 Å².